The monoisotopic (exact) mass is 566 g/mol. The Morgan fingerprint density at radius 1 is 0.297 bits per heavy atom. The van der Waals surface area contributed by atoms with Crippen LogP contribution in [0.2, 0.25) is 0 Å². The molecule has 3 heteroatoms. The normalized spacial score (nSPS) is 11.4. The zero-order valence-electron chi connectivity index (χ0n) is 26.4. The third kappa shape index (κ3) is 36.5. The molecular weight excluding hydrogens is 493 g/mol. The van der Waals surface area contributed by atoms with Gasteiger partial charge in [-0.1, -0.05) is 168 Å². The molecule has 0 saturated carbocycles. The maximum Gasteiger partial charge on any atom is 0.0782 e. The van der Waals surface area contributed by atoms with Gasteiger partial charge in [0.15, 0.2) is 0 Å². The molecule has 0 amide bonds. The summed E-state index contributed by atoms with van der Waals surface area (Å²) >= 11 is 0. The van der Waals surface area contributed by atoms with Gasteiger partial charge in [0.05, 0.1) is 27.2 Å². The van der Waals surface area contributed by atoms with Crippen molar-refractivity contribution in [1.29, 1.82) is 0 Å². The maximum atomic E-state index is 2.46. The highest BCUT2D eigenvalue weighted by atomic mass is 35.5. The van der Waals surface area contributed by atoms with Crippen molar-refractivity contribution in [2.45, 2.75) is 194 Å². The van der Waals surface area contributed by atoms with Crippen LogP contribution < -0.4 is 12.4 Å². The van der Waals surface area contributed by atoms with Crippen molar-refractivity contribution in [2.75, 3.05) is 27.2 Å². The summed E-state index contributed by atoms with van der Waals surface area (Å²) in [6.45, 7) is 7.38. The maximum absolute atomic E-state index is 2.46. The highest BCUT2D eigenvalue weighted by molar-refractivity contribution is 5.85. The second-order valence-electron chi connectivity index (χ2n) is 12.6. The van der Waals surface area contributed by atoms with Crippen molar-refractivity contribution in [1.82, 2.24) is 0 Å². The molecular formula is C34H73Cl2N. The van der Waals surface area contributed by atoms with Crippen LogP contribution >= 0.6 is 12.4 Å². The lowest BCUT2D eigenvalue weighted by Crippen LogP contribution is -3.00. The predicted octanol–water partition coefficient (Wildman–Crippen LogP) is 9.45. The molecule has 0 aliphatic heterocycles. The molecule has 0 bridgehead atoms. The quantitative estimate of drug-likeness (QED) is 0.0600. The molecule has 0 unspecified atom stereocenters. The first kappa shape index (κ1) is 42.0. The fraction of sp³-hybridized carbons (Fsp3) is 1.00. The van der Waals surface area contributed by atoms with E-state index in [1.807, 2.05) is 0 Å². The fourth-order valence-corrected chi connectivity index (χ4v) is 5.58. The van der Waals surface area contributed by atoms with E-state index in [1.54, 1.807) is 0 Å². The highest BCUT2D eigenvalue weighted by Crippen LogP contribution is 2.15. The number of rotatable bonds is 30. The molecule has 0 radical (unpaired) electrons. The van der Waals surface area contributed by atoms with Crippen LogP contribution in [-0.4, -0.2) is 31.7 Å². The number of nitrogens with zero attached hydrogens (tertiary/aromatic N) is 1. The summed E-state index contributed by atoms with van der Waals surface area (Å²) in [5, 5.41) is 0. The van der Waals surface area contributed by atoms with E-state index in [2.05, 4.69) is 27.9 Å². The van der Waals surface area contributed by atoms with Crippen LogP contribution in [-0.2, 0) is 0 Å². The summed E-state index contributed by atoms with van der Waals surface area (Å²) in [4.78, 5) is 0. The smallest absolute Gasteiger partial charge is 0.0782 e. The standard InChI is InChI=1S/C34H72N.2ClH/c1-5-7-9-11-13-15-17-19-21-23-25-27-29-31-33-35(3,4)34-32-30-28-26-24-22-20-18-16-14-12-10-8-6-2;;/h5-34H2,1-4H3;2*1H/q+1;;/p-1. The van der Waals surface area contributed by atoms with Gasteiger partial charge < -0.3 is 16.9 Å². The Morgan fingerprint density at radius 2 is 0.459 bits per heavy atom. The van der Waals surface area contributed by atoms with Gasteiger partial charge in [-0.05, 0) is 25.7 Å². The van der Waals surface area contributed by atoms with E-state index in [0.717, 1.165) is 0 Å². The van der Waals surface area contributed by atoms with E-state index in [-0.39, 0.29) is 24.8 Å². The first-order valence-corrected chi connectivity index (χ1v) is 16.9. The van der Waals surface area contributed by atoms with Gasteiger partial charge >= 0.3 is 0 Å². The van der Waals surface area contributed by atoms with Crippen molar-refractivity contribution >= 4 is 12.4 Å². The molecule has 0 atom stereocenters. The largest absolute Gasteiger partial charge is 1.00 e. The summed E-state index contributed by atoms with van der Waals surface area (Å²) < 4.78 is 1.25. The van der Waals surface area contributed by atoms with Crippen LogP contribution in [0.4, 0.5) is 0 Å². The average molecular weight is 567 g/mol. The molecule has 0 N–H and O–H groups in total. The topological polar surface area (TPSA) is 0 Å². The Labute approximate surface area is 249 Å². The molecule has 0 saturated heterocycles. The first-order valence-electron chi connectivity index (χ1n) is 16.9. The van der Waals surface area contributed by atoms with Crippen LogP contribution in [0, 0.1) is 0 Å². The Morgan fingerprint density at radius 3 is 0.649 bits per heavy atom. The van der Waals surface area contributed by atoms with Gasteiger partial charge in [0, 0.05) is 0 Å². The van der Waals surface area contributed by atoms with Gasteiger partial charge in [0.2, 0.25) is 0 Å². The number of unbranched alkanes of at least 4 members (excludes halogenated alkanes) is 26. The van der Waals surface area contributed by atoms with Gasteiger partial charge in [-0.3, -0.25) is 0 Å². The molecule has 1 nitrogen and oxygen atoms in total. The zero-order valence-corrected chi connectivity index (χ0v) is 28.0. The Balaban J connectivity index is -0.00000578. The minimum absolute atomic E-state index is 0. The van der Waals surface area contributed by atoms with Crippen molar-refractivity contribution in [3.05, 3.63) is 0 Å². The highest BCUT2D eigenvalue weighted by Gasteiger charge is 2.13. The molecule has 0 heterocycles. The predicted molar refractivity (Wildman–Crippen MR) is 170 cm³/mol. The minimum Gasteiger partial charge on any atom is -1.00 e. The average Bonchev–Trinajstić information content (AvgIpc) is 2.84. The first-order chi connectivity index (χ1) is 17.1. The minimum atomic E-state index is 0. The molecule has 0 rings (SSSR count). The van der Waals surface area contributed by atoms with Crippen LogP contribution in [0.5, 0.6) is 0 Å². The molecule has 0 aromatic rings. The molecule has 0 aromatic carbocycles. The van der Waals surface area contributed by atoms with E-state index in [1.165, 1.54) is 197 Å². The third-order valence-corrected chi connectivity index (χ3v) is 8.23. The van der Waals surface area contributed by atoms with E-state index in [0.29, 0.717) is 0 Å². The molecule has 37 heavy (non-hydrogen) atoms. The van der Waals surface area contributed by atoms with Gasteiger partial charge in [-0.2, -0.15) is 0 Å². The van der Waals surface area contributed by atoms with Crippen molar-refractivity contribution in [3.8, 4) is 0 Å². The van der Waals surface area contributed by atoms with Crippen molar-refractivity contribution < 1.29 is 16.9 Å². The van der Waals surface area contributed by atoms with Gasteiger partial charge in [0.25, 0.3) is 0 Å². The molecule has 228 valence electrons. The molecule has 0 aromatic heterocycles. The van der Waals surface area contributed by atoms with Crippen LogP contribution in [0.3, 0.4) is 0 Å². The summed E-state index contributed by atoms with van der Waals surface area (Å²) in [6, 6.07) is 0. The second kappa shape index (κ2) is 34.6. The SMILES string of the molecule is CCCCCCCCCCCCCCCC[N+](C)(C)CCCCCCCCCCCCCCCC.Cl.[Cl-]. The fourth-order valence-electron chi connectivity index (χ4n) is 5.58. The zero-order chi connectivity index (χ0) is 25.7. The van der Waals surface area contributed by atoms with Gasteiger partial charge in [-0.25, -0.2) is 0 Å². The summed E-state index contributed by atoms with van der Waals surface area (Å²) in [7, 11) is 4.93. The Hall–Kier alpha value is 0.540. The lowest BCUT2D eigenvalue weighted by atomic mass is 10.0. The summed E-state index contributed by atoms with van der Waals surface area (Å²) in [5.74, 6) is 0. The van der Waals surface area contributed by atoms with E-state index in [4.69, 9.17) is 0 Å². The third-order valence-electron chi connectivity index (χ3n) is 8.23. The van der Waals surface area contributed by atoms with Crippen molar-refractivity contribution in [2.24, 2.45) is 0 Å². The number of quaternary nitrogens is 1. The second-order valence-corrected chi connectivity index (χ2v) is 12.6. The summed E-state index contributed by atoms with van der Waals surface area (Å²) in [6.07, 6.45) is 40.9. The van der Waals surface area contributed by atoms with Gasteiger partial charge in [0.1, 0.15) is 0 Å². The summed E-state index contributed by atoms with van der Waals surface area (Å²) in [5.41, 5.74) is 0. The Kier molecular flexibility index (Phi) is 39.3. The van der Waals surface area contributed by atoms with Gasteiger partial charge in [-0.15, -0.1) is 12.4 Å². The number of hydrogen-bond acceptors (Lipinski definition) is 0. The van der Waals surface area contributed by atoms with E-state index >= 15 is 0 Å². The van der Waals surface area contributed by atoms with Crippen molar-refractivity contribution in [3.63, 3.8) is 0 Å². The molecule has 0 aliphatic carbocycles. The molecule has 0 spiro atoms. The number of hydrogen-bond donors (Lipinski definition) is 0. The van der Waals surface area contributed by atoms with Crippen LogP contribution in [0.25, 0.3) is 0 Å². The lowest BCUT2D eigenvalue weighted by Gasteiger charge is -2.30. The van der Waals surface area contributed by atoms with Crippen LogP contribution in [0.1, 0.15) is 194 Å². The van der Waals surface area contributed by atoms with Crippen LogP contribution in [0.15, 0.2) is 0 Å². The van der Waals surface area contributed by atoms with E-state index in [9.17, 15) is 0 Å². The molecule has 0 aliphatic rings. The number of halogens is 2. The van der Waals surface area contributed by atoms with E-state index < -0.39 is 0 Å². The lowest BCUT2D eigenvalue weighted by molar-refractivity contribution is -0.890. The molecule has 0 fully saturated rings. The Bertz CT molecular complexity index is 352.